The lowest BCUT2D eigenvalue weighted by Gasteiger charge is -2.26. The molecule has 2 aliphatic rings. The number of rotatable bonds is 4. The molecule has 1 aliphatic carbocycles. The predicted octanol–water partition coefficient (Wildman–Crippen LogP) is 5.33. The van der Waals surface area contributed by atoms with Gasteiger partial charge >= 0.3 is 0 Å². The van der Waals surface area contributed by atoms with Gasteiger partial charge in [0.25, 0.3) is 5.56 Å². The maximum absolute atomic E-state index is 13.8. The minimum absolute atomic E-state index is 0.0442. The van der Waals surface area contributed by atoms with Crippen molar-refractivity contribution >= 4 is 50.8 Å². The fraction of sp³-hybridized carbons (Fsp3) is 0.458. The fourth-order valence-corrected chi connectivity index (χ4v) is 7.11. The lowest BCUT2D eigenvalue weighted by Crippen LogP contribution is -2.36. The SMILES string of the molecule is CC1CCc2c(sc3nc(SCC(=O)N4CCCCC4)n(-c4ccc(Cl)cc4)c(=O)c23)C1. The Balaban J connectivity index is 1.57. The molecule has 0 radical (unpaired) electrons. The first kappa shape index (κ1) is 22.0. The summed E-state index contributed by atoms with van der Waals surface area (Å²) in [4.78, 5) is 35.5. The normalized spacial score (nSPS) is 18.7. The highest BCUT2D eigenvalue weighted by molar-refractivity contribution is 7.99. The third-order valence-corrected chi connectivity index (χ3v) is 8.74. The number of carbonyl (C=O) groups is 1. The number of thioether (sulfide) groups is 1. The van der Waals surface area contributed by atoms with Gasteiger partial charge in [-0.05, 0) is 74.3 Å². The predicted molar refractivity (Wildman–Crippen MR) is 133 cm³/mol. The molecule has 32 heavy (non-hydrogen) atoms. The van der Waals surface area contributed by atoms with Crippen molar-refractivity contribution in [3.63, 3.8) is 0 Å². The summed E-state index contributed by atoms with van der Waals surface area (Å²) in [5, 5.41) is 1.94. The molecule has 1 aromatic carbocycles. The Morgan fingerprint density at radius 1 is 1.22 bits per heavy atom. The fourth-order valence-electron chi connectivity index (χ4n) is 4.65. The smallest absolute Gasteiger partial charge is 0.267 e. The highest BCUT2D eigenvalue weighted by Crippen LogP contribution is 2.37. The number of amides is 1. The molecular weight excluding hydrogens is 462 g/mol. The number of halogens is 1. The Morgan fingerprint density at radius 2 is 1.97 bits per heavy atom. The molecule has 8 heteroatoms. The maximum Gasteiger partial charge on any atom is 0.267 e. The van der Waals surface area contributed by atoms with E-state index in [1.807, 2.05) is 17.0 Å². The van der Waals surface area contributed by atoms with Gasteiger partial charge in [0.15, 0.2) is 5.16 Å². The third kappa shape index (κ3) is 4.22. The molecule has 168 valence electrons. The van der Waals surface area contributed by atoms with Gasteiger partial charge in [0.2, 0.25) is 5.91 Å². The van der Waals surface area contributed by atoms with Crippen LogP contribution in [0.25, 0.3) is 15.9 Å². The van der Waals surface area contributed by atoms with Gasteiger partial charge in [-0.25, -0.2) is 4.98 Å². The number of thiophene rings is 1. The van der Waals surface area contributed by atoms with Crippen LogP contribution in [0.5, 0.6) is 0 Å². The van der Waals surface area contributed by atoms with Gasteiger partial charge in [-0.2, -0.15) is 0 Å². The molecule has 0 saturated carbocycles. The Hall–Kier alpha value is -1.83. The average molecular weight is 488 g/mol. The van der Waals surface area contributed by atoms with E-state index in [1.54, 1.807) is 28.0 Å². The van der Waals surface area contributed by atoms with Gasteiger partial charge in [0, 0.05) is 23.0 Å². The number of nitrogens with zero attached hydrogens (tertiary/aromatic N) is 3. The number of hydrogen-bond acceptors (Lipinski definition) is 5. The molecule has 1 saturated heterocycles. The Labute approximate surface area is 200 Å². The van der Waals surface area contributed by atoms with Gasteiger partial charge in [0.05, 0.1) is 16.8 Å². The van der Waals surface area contributed by atoms with Crippen LogP contribution in [0.3, 0.4) is 0 Å². The molecular formula is C24H26ClN3O2S2. The van der Waals surface area contributed by atoms with Crippen LogP contribution >= 0.6 is 34.7 Å². The second-order valence-electron chi connectivity index (χ2n) is 8.77. The molecule has 0 N–H and O–H groups in total. The number of carbonyl (C=O) groups excluding carboxylic acids is 1. The lowest BCUT2D eigenvalue weighted by atomic mass is 9.89. The van der Waals surface area contributed by atoms with Crippen molar-refractivity contribution < 1.29 is 4.79 Å². The van der Waals surface area contributed by atoms with E-state index in [2.05, 4.69) is 6.92 Å². The molecule has 3 heterocycles. The van der Waals surface area contributed by atoms with E-state index >= 15 is 0 Å². The molecule has 1 fully saturated rings. The number of piperidine rings is 1. The molecule has 0 bridgehead atoms. The molecule has 0 spiro atoms. The van der Waals surface area contributed by atoms with Crippen LogP contribution in [-0.2, 0) is 17.6 Å². The molecule has 1 atom stereocenters. The van der Waals surface area contributed by atoms with E-state index in [4.69, 9.17) is 16.6 Å². The maximum atomic E-state index is 13.8. The van der Waals surface area contributed by atoms with E-state index in [0.29, 0.717) is 16.1 Å². The summed E-state index contributed by atoms with van der Waals surface area (Å²) in [6.07, 6.45) is 6.35. The highest BCUT2D eigenvalue weighted by atomic mass is 35.5. The molecule has 1 aliphatic heterocycles. The number of hydrogen-bond donors (Lipinski definition) is 0. The van der Waals surface area contributed by atoms with Crippen molar-refractivity contribution in [2.45, 2.75) is 50.6 Å². The van der Waals surface area contributed by atoms with Gasteiger partial charge in [-0.15, -0.1) is 11.3 Å². The van der Waals surface area contributed by atoms with Crippen LogP contribution in [0.1, 0.15) is 43.0 Å². The zero-order valence-corrected chi connectivity index (χ0v) is 20.5. The summed E-state index contributed by atoms with van der Waals surface area (Å²) >= 11 is 9.10. The second kappa shape index (κ2) is 9.20. The quantitative estimate of drug-likeness (QED) is 0.368. The van der Waals surface area contributed by atoms with Crippen molar-refractivity contribution in [2.75, 3.05) is 18.8 Å². The van der Waals surface area contributed by atoms with Crippen LogP contribution in [0, 0.1) is 5.92 Å². The Morgan fingerprint density at radius 3 is 2.72 bits per heavy atom. The molecule has 3 aromatic rings. The number of likely N-dealkylation sites (tertiary alicyclic amines) is 1. The van der Waals surface area contributed by atoms with Gasteiger partial charge in [0.1, 0.15) is 4.83 Å². The second-order valence-corrected chi connectivity index (χ2v) is 11.2. The van der Waals surface area contributed by atoms with E-state index < -0.39 is 0 Å². The number of fused-ring (bicyclic) bond motifs is 3. The Kier molecular flexibility index (Phi) is 6.32. The van der Waals surface area contributed by atoms with Crippen LogP contribution in [-0.4, -0.2) is 39.2 Å². The zero-order valence-electron chi connectivity index (χ0n) is 18.1. The van der Waals surface area contributed by atoms with E-state index in [9.17, 15) is 9.59 Å². The highest BCUT2D eigenvalue weighted by Gasteiger charge is 2.26. The topological polar surface area (TPSA) is 55.2 Å². The summed E-state index contributed by atoms with van der Waals surface area (Å²) in [5.74, 6) is 1.03. The van der Waals surface area contributed by atoms with Crippen molar-refractivity contribution in [3.8, 4) is 5.69 Å². The first-order valence-electron chi connectivity index (χ1n) is 11.2. The summed E-state index contributed by atoms with van der Waals surface area (Å²) in [6, 6.07) is 7.25. The molecule has 5 rings (SSSR count). The summed E-state index contributed by atoms with van der Waals surface area (Å²) in [7, 11) is 0. The van der Waals surface area contributed by atoms with Gasteiger partial charge in [-0.3, -0.25) is 14.2 Å². The number of aryl methyl sites for hydroxylation is 1. The number of benzene rings is 1. The first-order valence-corrected chi connectivity index (χ1v) is 13.4. The summed E-state index contributed by atoms with van der Waals surface area (Å²) in [5.41, 5.74) is 1.85. The minimum Gasteiger partial charge on any atom is -0.342 e. The molecule has 1 unspecified atom stereocenters. The van der Waals surface area contributed by atoms with Crippen LogP contribution in [0.4, 0.5) is 0 Å². The molecule has 2 aromatic heterocycles. The summed E-state index contributed by atoms with van der Waals surface area (Å²) in [6.45, 7) is 3.91. The zero-order chi connectivity index (χ0) is 22.2. The van der Waals surface area contributed by atoms with Crippen molar-refractivity contribution in [1.82, 2.24) is 14.5 Å². The molecule has 5 nitrogen and oxygen atoms in total. The minimum atomic E-state index is -0.0442. The van der Waals surface area contributed by atoms with Gasteiger partial charge < -0.3 is 4.90 Å². The summed E-state index contributed by atoms with van der Waals surface area (Å²) < 4.78 is 1.66. The van der Waals surface area contributed by atoms with Crippen LogP contribution < -0.4 is 5.56 Å². The van der Waals surface area contributed by atoms with Crippen molar-refractivity contribution in [1.29, 1.82) is 0 Å². The largest absolute Gasteiger partial charge is 0.342 e. The van der Waals surface area contributed by atoms with Crippen LogP contribution in [0.15, 0.2) is 34.2 Å². The monoisotopic (exact) mass is 487 g/mol. The third-order valence-electron chi connectivity index (χ3n) is 6.42. The van der Waals surface area contributed by atoms with E-state index in [-0.39, 0.29) is 17.2 Å². The molecule has 1 amide bonds. The standard InChI is InChI=1S/C24H26ClN3O2S2/c1-15-5-10-18-19(13-15)32-22-21(18)23(30)28(17-8-6-16(25)7-9-17)24(26-22)31-14-20(29)27-11-3-2-4-12-27/h6-9,15H,2-5,10-14H2,1H3. The number of aromatic nitrogens is 2. The van der Waals surface area contributed by atoms with E-state index in [1.165, 1.54) is 28.6 Å². The average Bonchev–Trinajstić information content (AvgIpc) is 3.16. The lowest BCUT2D eigenvalue weighted by molar-refractivity contribution is -0.129. The van der Waals surface area contributed by atoms with Gasteiger partial charge in [-0.1, -0.05) is 30.3 Å². The van der Waals surface area contributed by atoms with Crippen LogP contribution in [0.2, 0.25) is 5.02 Å². The van der Waals surface area contributed by atoms with E-state index in [0.717, 1.165) is 61.1 Å². The Bertz CT molecular complexity index is 1210. The van der Waals surface area contributed by atoms with Crippen molar-refractivity contribution in [2.24, 2.45) is 5.92 Å². The first-order chi connectivity index (χ1) is 15.5. The van der Waals surface area contributed by atoms with Crippen molar-refractivity contribution in [3.05, 3.63) is 50.1 Å².